The van der Waals surface area contributed by atoms with E-state index in [4.69, 9.17) is 5.73 Å². The van der Waals surface area contributed by atoms with Gasteiger partial charge in [-0.3, -0.25) is 4.98 Å². The number of benzene rings is 1. The van der Waals surface area contributed by atoms with Crippen LogP contribution < -0.4 is 5.73 Å². The fourth-order valence-corrected chi connectivity index (χ4v) is 3.12. The van der Waals surface area contributed by atoms with Gasteiger partial charge in [0.1, 0.15) is 0 Å². The third-order valence-corrected chi connectivity index (χ3v) is 4.33. The first-order valence-electron chi connectivity index (χ1n) is 7.45. The number of hydrogen-bond acceptors (Lipinski definition) is 2. The van der Waals surface area contributed by atoms with Gasteiger partial charge in [-0.25, -0.2) is 0 Å². The average Bonchev–Trinajstić information content (AvgIpc) is 2.47. The summed E-state index contributed by atoms with van der Waals surface area (Å²) in [6.45, 7) is 2.12. The van der Waals surface area contributed by atoms with Crippen molar-refractivity contribution >= 4 is 0 Å². The number of aryl methyl sites for hydroxylation is 2. The van der Waals surface area contributed by atoms with Crippen LogP contribution in [0.5, 0.6) is 0 Å². The van der Waals surface area contributed by atoms with Gasteiger partial charge in [-0.15, -0.1) is 0 Å². The minimum absolute atomic E-state index is 0.326. The monoisotopic (exact) mass is 266 g/mol. The van der Waals surface area contributed by atoms with Crippen LogP contribution >= 0.6 is 0 Å². The van der Waals surface area contributed by atoms with Crippen LogP contribution in [0.4, 0.5) is 0 Å². The van der Waals surface area contributed by atoms with E-state index in [9.17, 15) is 0 Å². The number of rotatable bonds is 3. The predicted octanol–water partition coefficient (Wildman–Crippen LogP) is 3.38. The average molecular weight is 266 g/mol. The number of nitrogens with zero attached hydrogens (tertiary/aromatic N) is 1. The predicted molar refractivity (Wildman–Crippen MR) is 82.6 cm³/mol. The summed E-state index contributed by atoms with van der Waals surface area (Å²) in [5.41, 5.74) is 11.8. The molecule has 0 spiro atoms. The first-order valence-corrected chi connectivity index (χ1v) is 7.45. The molecule has 0 radical (unpaired) electrons. The molecule has 0 aliphatic heterocycles. The molecule has 104 valence electrons. The molecule has 2 nitrogen and oxygen atoms in total. The summed E-state index contributed by atoms with van der Waals surface area (Å²) in [5.74, 6) is 0. The van der Waals surface area contributed by atoms with Crippen molar-refractivity contribution in [2.75, 3.05) is 0 Å². The number of fused-ring (bicyclic) bond motifs is 1. The molecule has 20 heavy (non-hydrogen) atoms. The highest BCUT2D eigenvalue weighted by atomic mass is 14.7. The second-order valence-corrected chi connectivity index (χ2v) is 6.14. The number of nitrogens with two attached hydrogens (primary N) is 1. The molecule has 1 aromatic heterocycles. The molecule has 0 fully saturated rings. The Labute approximate surface area is 121 Å². The summed E-state index contributed by atoms with van der Waals surface area (Å²) >= 11 is 0. The van der Waals surface area contributed by atoms with Gasteiger partial charge in [-0.2, -0.15) is 0 Å². The Morgan fingerprint density at radius 2 is 1.75 bits per heavy atom. The summed E-state index contributed by atoms with van der Waals surface area (Å²) in [6.07, 6.45) is 9.56. The van der Waals surface area contributed by atoms with Gasteiger partial charge in [0.15, 0.2) is 0 Å². The highest BCUT2D eigenvalue weighted by Gasteiger charge is 2.23. The van der Waals surface area contributed by atoms with Crippen LogP contribution in [0.3, 0.4) is 0 Å². The van der Waals surface area contributed by atoms with E-state index in [1.807, 2.05) is 24.5 Å². The Morgan fingerprint density at radius 1 is 1.05 bits per heavy atom. The van der Waals surface area contributed by atoms with Gasteiger partial charge in [-0.05, 0) is 73.4 Å². The smallest absolute Gasteiger partial charge is 0.0421 e. The van der Waals surface area contributed by atoms with Crippen molar-refractivity contribution in [1.29, 1.82) is 0 Å². The van der Waals surface area contributed by atoms with Crippen molar-refractivity contribution in [2.45, 2.75) is 44.6 Å². The SMILES string of the molecule is CC(N)(Cc1ccncc1)c1ccc2c(c1)CCCC2. The van der Waals surface area contributed by atoms with E-state index < -0.39 is 0 Å². The molecule has 3 rings (SSSR count). The zero-order chi connectivity index (χ0) is 14.0. The third kappa shape index (κ3) is 2.75. The fraction of sp³-hybridized carbons (Fsp3) is 0.389. The van der Waals surface area contributed by atoms with Crippen molar-refractivity contribution < 1.29 is 0 Å². The normalized spacial score (nSPS) is 17.3. The Balaban J connectivity index is 1.87. The minimum Gasteiger partial charge on any atom is -0.321 e. The molecule has 1 heterocycles. The molecular formula is C18H22N2. The van der Waals surface area contributed by atoms with Crippen molar-refractivity contribution in [3.63, 3.8) is 0 Å². The molecule has 1 aromatic carbocycles. The molecule has 0 bridgehead atoms. The van der Waals surface area contributed by atoms with E-state index in [2.05, 4.69) is 30.1 Å². The maximum Gasteiger partial charge on any atom is 0.0421 e. The number of aromatic nitrogens is 1. The second kappa shape index (κ2) is 5.37. The molecule has 2 N–H and O–H groups in total. The maximum atomic E-state index is 6.58. The molecule has 2 heteroatoms. The first kappa shape index (κ1) is 13.3. The van der Waals surface area contributed by atoms with Gasteiger partial charge in [0.25, 0.3) is 0 Å². The minimum atomic E-state index is -0.326. The van der Waals surface area contributed by atoms with Crippen LogP contribution in [0.15, 0.2) is 42.7 Å². The molecule has 0 saturated carbocycles. The lowest BCUT2D eigenvalue weighted by Crippen LogP contribution is -2.35. The maximum absolute atomic E-state index is 6.58. The highest BCUT2D eigenvalue weighted by Crippen LogP contribution is 2.28. The van der Waals surface area contributed by atoms with E-state index >= 15 is 0 Å². The number of hydrogen-bond donors (Lipinski definition) is 1. The molecule has 1 atom stereocenters. The van der Waals surface area contributed by atoms with Crippen LogP contribution in [-0.4, -0.2) is 4.98 Å². The fourth-order valence-electron chi connectivity index (χ4n) is 3.12. The molecule has 1 unspecified atom stereocenters. The molecule has 0 saturated heterocycles. The van der Waals surface area contributed by atoms with E-state index in [-0.39, 0.29) is 5.54 Å². The Bertz CT molecular complexity index is 588. The third-order valence-electron chi connectivity index (χ3n) is 4.33. The summed E-state index contributed by atoms with van der Waals surface area (Å²) in [6, 6.07) is 10.9. The van der Waals surface area contributed by atoms with Crippen molar-refractivity contribution in [2.24, 2.45) is 5.73 Å². The van der Waals surface area contributed by atoms with E-state index in [1.165, 1.54) is 47.9 Å². The van der Waals surface area contributed by atoms with Crippen LogP contribution in [0.1, 0.15) is 42.0 Å². The van der Waals surface area contributed by atoms with Gasteiger partial charge in [-0.1, -0.05) is 18.2 Å². The van der Waals surface area contributed by atoms with Gasteiger partial charge in [0.05, 0.1) is 0 Å². The molecular weight excluding hydrogens is 244 g/mol. The van der Waals surface area contributed by atoms with Crippen LogP contribution in [-0.2, 0) is 24.8 Å². The lowest BCUT2D eigenvalue weighted by atomic mass is 9.82. The van der Waals surface area contributed by atoms with Crippen LogP contribution in [0.2, 0.25) is 0 Å². The summed E-state index contributed by atoms with van der Waals surface area (Å²) in [7, 11) is 0. The Kier molecular flexibility index (Phi) is 3.58. The van der Waals surface area contributed by atoms with Crippen molar-refractivity contribution in [3.8, 4) is 0 Å². The van der Waals surface area contributed by atoms with Gasteiger partial charge in [0, 0.05) is 17.9 Å². The van der Waals surface area contributed by atoms with Crippen LogP contribution in [0, 0.1) is 0 Å². The second-order valence-electron chi connectivity index (χ2n) is 6.14. The molecule has 0 amide bonds. The zero-order valence-corrected chi connectivity index (χ0v) is 12.1. The van der Waals surface area contributed by atoms with E-state index in [0.717, 1.165) is 6.42 Å². The topological polar surface area (TPSA) is 38.9 Å². The lowest BCUT2D eigenvalue weighted by Gasteiger charge is -2.27. The largest absolute Gasteiger partial charge is 0.321 e. The summed E-state index contributed by atoms with van der Waals surface area (Å²) < 4.78 is 0. The van der Waals surface area contributed by atoms with Gasteiger partial charge in [0.2, 0.25) is 0 Å². The summed E-state index contributed by atoms with van der Waals surface area (Å²) in [4.78, 5) is 4.06. The van der Waals surface area contributed by atoms with Crippen molar-refractivity contribution in [1.82, 2.24) is 4.98 Å². The Hall–Kier alpha value is -1.67. The quantitative estimate of drug-likeness (QED) is 0.925. The zero-order valence-electron chi connectivity index (χ0n) is 12.1. The van der Waals surface area contributed by atoms with E-state index in [0.29, 0.717) is 0 Å². The molecule has 1 aliphatic rings. The molecule has 1 aliphatic carbocycles. The lowest BCUT2D eigenvalue weighted by molar-refractivity contribution is 0.489. The van der Waals surface area contributed by atoms with Crippen molar-refractivity contribution in [3.05, 3.63) is 65.0 Å². The van der Waals surface area contributed by atoms with Crippen LogP contribution in [0.25, 0.3) is 0 Å². The number of pyridine rings is 1. The van der Waals surface area contributed by atoms with E-state index in [1.54, 1.807) is 0 Å². The molecule has 2 aromatic rings. The van der Waals surface area contributed by atoms with Gasteiger partial charge < -0.3 is 5.73 Å². The van der Waals surface area contributed by atoms with Gasteiger partial charge >= 0.3 is 0 Å². The Morgan fingerprint density at radius 3 is 2.50 bits per heavy atom. The highest BCUT2D eigenvalue weighted by molar-refractivity contribution is 5.37. The summed E-state index contributed by atoms with van der Waals surface area (Å²) in [5, 5.41) is 0. The first-order chi connectivity index (χ1) is 9.65. The standard InChI is InChI=1S/C18H22N2/c1-18(19,13-14-8-10-20-11-9-14)17-7-6-15-4-2-3-5-16(15)12-17/h6-12H,2-5,13,19H2,1H3.